The van der Waals surface area contributed by atoms with Crippen LogP contribution in [-0.4, -0.2) is 79.7 Å². The smallest absolute Gasteiger partial charge is 0.261 e. The number of nitrogens with zero attached hydrogens (tertiary/aromatic N) is 5. The summed E-state index contributed by atoms with van der Waals surface area (Å²) in [5, 5.41) is 0. The Balaban J connectivity index is 1.66. The predicted octanol–water partition coefficient (Wildman–Crippen LogP) is 1.75. The average molecular weight is 412 g/mol. The molecule has 30 heavy (non-hydrogen) atoms. The Morgan fingerprint density at radius 1 is 1.00 bits per heavy atom. The second kappa shape index (κ2) is 8.47. The third kappa shape index (κ3) is 3.79. The van der Waals surface area contributed by atoms with Crippen LogP contribution in [0.25, 0.3) is 0 Å². The second-order valence-corrected chi connectivity index (χ2v) is 7.82. The monoisotopic (exact) mass is 411 g/mol. The maximum atomic E-state index is 13.5. The van der Waals surface area contributed by atoms with Crippen LogP contribution >= 0.6 is 0 Å². The molecule has 2 aliphatic heterocycles. The lowest BCUT2D eigenvalue weighted by atomic mass is 10.0. The Kier molecular flexibility index (Phi) is 5.76. The number of hydrogen-bond donors (Lipinski definition) is 0. The summed E-state index contributed by atoms with van der Waals surface area (Å²) in [7, 11) is 5.28. The van der Waals surface area contributed by atoms with E-state index in [0.29, 0.717) is 36.6 Å². The summed E-state index contributed by atoms with van der Waals surface area (Å²) in [6.45, 7) is 6.87. The maximum Gasteiger partial charge on any atom is 0.261 e. The van der Waals surface area contributed by atoms with Gasteiger partial charge in [0.15, 0.2) is 0 Å². The first-order valence-electron chi connectivity index (χ1n) is 10.3. The van der Waals surface area contributed by atoms with Gasteiger partial charge in [-0.2, -0.15) is 0 Å². The van der Waals surface area contributed by atoms with Crippen LogP contribution in [0.3, 0.4) is 0 Å². The largest absolute Gasteiger partial charge is 0.496 e. The van der Waals surface area contributed by atoms with E-state index in [9.17, 15) is 4.79 Å². The molecule has 3 heterocycles. The van der Waals surface area contributed by atoms with E-state index in [1.54, 1.807) is 26.4 Å². The molecule has 0 aliphatic carbocycles. The van der Waals surface area contributed by atoms with Gasteiger partial charge in [-0.15, -0.1) is 0 Å². The minimum Gasteiger partial charge on any atom is -0.496 e. The van der Waals surface area contributed by atoms with Gasteiger partial charge in [-0.3, -0.25) is 4.79 Å². The van der Waals surface area contributed by atoms with Crippen LogP contribution in [-0.2, 0) is 13.0 Å². The predicted molar refractivity (Wildman–Crippen MR) is 114 cm³/mol. The van der Waals surface area contributed by atoms with Crippen LogP contribution in [0.5, 0.6) is 11.5 Å². The van der Waals surface area contributed by atoms with Crippen LogP contribution in [0.15, 0.2) is 18.2 Å². The molecule has 4 rings (SSSR count). The number of aryl methyl sites for hydroxylation is 1. The van der Waals surface area contributed by atoms with Crippen LogP contribution < -0.4 is 14.4 Å². The van der Waals surface area contributed by atoms with Gasteiger partial charge < -0.3 is 24.2 Å². The van der Waals surface area contributed by atoms with E-state index in [1.165, 1.54) is 0 Å². The van der Waals surface area contributed by atoms with E-state index >= 15 is 0 Å². The fourth-order valence-corrected chi connectivity index (χ4v) is 4.19. The molecule has 8 nitrogen and oxygen atoms in total. The molecular weight excluding hydrogens is 382 g/mol. The third-order valence-electron chi connectivity index (χ3n) is 5.88. The van der Waals surface area contributed by atoms with Crippen molar-refractivity contribution < 1.29 is 14.3 Å². The molecule has 0 atom stereocenters. The van der Waals surface area contributed by atoms with Crippen LogP contribution in [0.4, 0.5) is 5.82 Å². The normalized spacial score (nSPS) is 16.9. The van der Waals surface area contributed by atoms with Gasteiger partial charge in [-0.05, 0) is 26.1 Å². The number of piperazine rings is 1. The molecule has 1 aromatic heterocycles. The van der Waals surface area contributed by atoms with Gasteiger partial charge in [0, 0.05) is 44.7 Å². The summed E-state index contributed by atoms with van der Waals surface area (Å²) in [6.07, 6.45) is 0.711. The molecule has 1 saturated heterocycles. The molecule has 0 N–H and O–H groups in total. The molecule has 0 unspecified atom stereocenters. The zero-order valence-electron chi connectivity index (χ0n) is 18.1. The number of carbonyl (C=O) groups excluding carboxylic acids is 1. The van der Waals surface area contributed by atoms with Gasteiger partial charge in [-0.25, -0.2) is 9.97 Å². The van der Waals surface area contributed by atoms with Crippen molar-refractivity contribution in [3.63, 3.8) is 0 Å². The van der Waals surface area contributed by atoms with Gasteiger partial charge in [0.1, 0.15) is 28.7 Å². The Bertz CT molecular complexity index is 918. The molecule has 0 saturated carbocycles. The lowest BCUT2D eigenvalue weighted by molar-refractivity contribution is 0.0726. The molecule has 1 fully saturated rings. The number of hydrogen-bond acceptors (Lipinski definition) is 7. The number of fused-ring (bicyclic) bond motifs is 1. The zero-order chi connectivity index (χ0) is 21.3. The molecule has 0 spiro atoms. The lowest BCUT2D eigenvalue weighted by Gasteiger charge is -2.37. The number of ether oxygens (including phenoxy) is 2. The Morgan fingerprint density at radius 3 is 2.30 bits per heavy atom. The third-order valence-corrected chi connectivity index (χ3v) is 5.88. The Morgan fingerprint density at radius 2 is 1.67 bits per heavy atom. The standard InChI is InChI=1S/C22H29N5O3/c1-15-23-17-8-9-27(22(28)20-18(29-3)6-5-7-19(20)30-4)14-16(17)21(24-15)26-12-10-25(2)11-13-26/h5-7H,8-14H2,1-4H3. The highest BCUT2D eigenvalue weighted by Crippen LogP contribution is 2.33. The van der Waals surface area contributed by atoms with Crippen LogP contribution in [0.2, 0.25) is 0 Å². The number of carbonyl (C=O) groups is 1. The van der Waals surface area contributed by atoms with Crippen molar-refractivity contribution in [3.8, 4) is 11.5 Å². The van der Waals surface area contributed by atoms with Gasteiger partial charge >= 0.3 is 0 Å². The van der Waals surface area contributed by atoms with Gasteiger partial charge in [0.05, 0.1) is 26.5 Å². The quantitative estimate of drug-likeness (QED) is 0.759. The Hall–Kier alpha value is -2.87. The van der Waals surface area contributed by atoms with Crippen molar-refractivity contribution in [1.29, 1.82) is 0 Å². The van der Waals surface area contributed by atoms with Gasteiger partial charge in [0.25, 0.3) is 5.91 Å². The zero-order valence-corrected chi connectivity index (χ0v) is 18.1. The number of aromatic nitrogens is 2. The topological polar surface area (TPSA) is 71.0 Å². The van der Waals surface area contributed by atoms with Crippen molar-refractivity contribution in [2.24, 2.45) is 0 Å². The van der Waals surface area contributed by atoms with E-state index in [4.69, 9.17) is 14.5 Å². The highest BCUT2D eigenvalue weighted by Gasteiger charge is 2.31. The summed E-state index contributed by atoms with van der Waals surface area (Å²) in [5.74, 6) is 2.69. The summed E-state index contributed by atoms with van der Waals surface area (Å²) >= 11 is 0. The number of anilines is 1. The van der Waals surface area contributed by atoms with Crippen molar-refractivity contribution in [3.05, 3.63) is 40.8 Å². The molecule has 2 aromatic rings. The van der Waals surface area contributed by atoms with Crippen LogP contribution in [0, 0.1) is 6.92 Å². The lowest BCUT2D eigenvalue weighted by Crippen LogP contribution is -2.46. The second-order valence-electron chi connectivity index (χ2n) is 7.82. The minimum atomic E-state index is -0.0974. The molecule has 8 heteroatoms. The summed E-state index contributed by atoms with van der Waals surface area (Å²) in [5.41, 5.74) is 2.56. The Labute approximate surface area is 177 Å². The molecular formula is C22H29N5O3. The van der Waals surface area contributed by atoms with E-state index < -0.39 is 0 Å². The fourth-order valence-electron chi connectivity index (χ4n) is 4.19. The average Bonchev–Trinajstić information content (AvgIpc) is 2.77. The van der Waals surface area contributed by atoms with E-state index in [0.717, 1.165) is 49.1 Å². The summed E-state index contributed by atoms with van der Waals surface area (Å²) in [6, 6.07) is 5.40. The first-order chi connectivity index (χ1) is 14.5. The maximum absolute atomic E-state index is 13.5. The molecule has 2 aliphatic rings. The number of rotatable bonds is 4. The molecule has 1 aromatic carbocycles. The van der Waals surface area contributed by atoms with E-state index in [-0.39, 0.29) is 5.91 Å². The van der Waals surface area contributed by atoms with E-state index in [1.807, 2.05) is 17.9 Å². The molecule has 0 bridgehead atoms. The number of likely N-dealkylation sites (N-methyl/N-ethyl adjacent to an activating group) is 1. The summed E-state index contributed by atoms with van der Waals surface area (Å²) in [4.78, 5) is 29.4. The number of benzene rings is 1. The summed E-state index contributed by atoms with van der Waals surface area (Å²) < 4.78 is 10.9. The van der Waals surface area contributed by atoms with Crippen molar-refractivity contribution in [1.82, 2.24) is 19.8 Å². The highest BCUT2D eigenvalue weighted by molar-refractivity contribution is 6.00. The molecule has 1 amide bonds. The first-order valence-corrected chi connectivity index (χ1v) is 10.3. The molecule has 0 radical (unpaired) electrons. The molecule has 160 valence electrons. The number of amides is 1. The fraction of sp³-hybridized carbons (Fsp3) is 0.500. The number of methoxy groups -OCH3 is 2. The van der Waals surface area contributed by atoms with Crippen molar-refractivity contribution in [2.75, 3.05) is 58.9 Å². The van der Waals surface area contributed by atoms with Crippen molar-refractivity contribution in [2.45, 2.75) is 19.9 Å². The van der Waals surface area contributed by atoms with Gasteiger partial charge in [0.2, 0.25) is 0 Å². The van der Waals surface area contributed by atoms with Crippen molar-refractivity contribution >= 4 is 11.7 Å². The van der Waals surface area contributed by atoms with Crippen LogP contribution in [0.1, 0.15) is 27.4 Å². The van der Waals surface area contributed by atoms with Gasteiger partial charge in [-0.1, -0.05) is 6.07 Å². The SMILES string of the molecule is COc1cccc(OC)c1C(=O)N1CCc2nc(C)nc(N3CCN(C)CC3)c2C1. The minimum absolute atomic E-state index is 0.0974. The van der Waals surface area contributed by atoms with E-state index in [2.05, 4.69) is 21.8 Å². The highest BCUT2D eigenvalue weighted by atomic mass is 16.5. The first kappa shape index (κ1) is 20.4.